The van der Waals surface area contributed by atoms with Gasteiger partial charge in [0.15, 0.2) is 11.5 Å². The molecule has 1 fully saturated rings. The molecule has 0 radical (unpaired) electrons. The predicted molar refractivity (Wildman–Crippen MR) is 108 cm³/mol. The number of nitrogens with two attached hydrogens (primary N) is 1. The molecule has 2 N–H and O–H groups in total. The molecule has 1 amide bonds. The summed E-state index contributed by atoms with van der Waals surface area (Å²) in [6.45, 7) is 1.10. The molecule has 0 saturated carbocycles. The predicted octanol–water partition coefficient (Wildman–Crippen LogP) is 1.93. The van der Waals surface area contributed by atoms with Crippen LogP contribution in [-0.2, 0) is 15.1 Å². The molecule has 1 saturated heterocycles. The van der Waals surface area contributed by atoms with Crippen LogP contribution in [0.3, 0.4) is 0 Å². The van der Waals surface area contributed by atoms with Crippen molar-refractivity contribution in [3.05, 3.63) is 47.7 Å². The minimum Gasteiger partial charge on any atom is -0.484 e. The quantitative estimate of drug-likeness (QED) is 0.778. The summed E-state index contributed by atoms with van der Waals surface area (Å²) in [5.41, 5.74) is 6.71. The van der Waals surface area contributed by atoms with Gasteiger partial charge in [-0.05, 0) is 43.2 Å². The summed E-state index contributed by atoms with van der Waals surface area (Å²) < 4.78 is 12.1. The summed E-state index contributed by atoms with van der Waals surface area (Å²) >= 11 is 0. The van der Waals surface area contributed by atoms with E-state index in [1.54, 1.807) is 19.2 Å². The van der Waals surface area contributed by atoms with E-state index in [1.807, 2.05) is 24.3 Å². The zero-order chi connectivity index (χ0) is 20.9. The lowest BCUT2D eigenvalue weighted by molar-refractivity contribution is -0.139. The number of fused-ring (bicyclic) bond motifs is 2. The number of pyridine rings is 1. The molecule has 2 spiro atoms. The fourth-order valence-corrected chi connectivity index (χ4v) is 4.63. The van der Waals surface area contributed by atoms with Crippen molar-refractivity contribution in [3.8, 4) is 23.1 Å². The van der Waals surface area contributed by atoms with Crippen LogP contribution in [-0.4, -0.2) is 47.6 Å². The highest BCUT2D eigenvalue weighted by atomic mass is 16.5. The van der Waals surface area contributed by atoms with Crippen molar-refractivity contribution in [1.29, 1.82) is 5.26 Å². The van der Waals surface area contributed by atoms with Gasteiger partial charge in [-0.15, -0.1) is 0 Å². The van der Waals surface area contributed by atoms with Gasteiger partial charge in [0, 0.05) is 31.2 Å². The molecule has 2 aromatic rings. The van der Waals surface area contributed by atoms with Crippen molar-refractivity contribution >= 4 is 11.9 Å². The molecule has 1 unspecified atom stereocenters. The zero-order valence-electron chi connectivity index (χ0n) is 16.6. The second-order valence-electron chi connectivity index (χ2n) is 8.04. The number of hydrogen-bond donors (Lipinski definition) is 1. The summed E-state index contributed by atoms with van der Waals surface area (Å²) in [5.74, 6) is 0.618. The number of carbonyl (C=O) groups excluding carboxylic acids is 1. The third-order valence-electron chi connectivity index (χ3n) is 6.08. The first-order chi connectivity index (χ1) is 14.5. The van der Waals surface area contributed by atoms with Gasteiger partial charge in [-0.2, -0.15) is 5.26 Å². The van der Waals surface area contributed by atoms with Crippen molar-refractivity contribution in [3.63, 3.8) is 0 Å². The van der Waals surface area contributed by atoms with Gasteiger partial charge in [-0.3, -0.25) is 9.69 Å². The lowest BCUT2D eigenvalue weighted by Crippen LogP contribution is -2.55. The van der Waals surface area contributed by atoms with Gasteiger partial charge in [0.25, 0.3) is 5.91 Å². The van der Waals surface area contributed by atoms with E-state index in [9.17, 15) is 10.1 Å². The molecular formula is C22H21N5O3. The van der Waals surface area contributed by atoms with Crippen LogP contribution < -0.4 is 10.5 Å². The third kappa shape index (κ3) is 2.66. The third-order valence-corrected chi connectivity index (χ3v) is 6.08. The summed E-state index contributed by atoms with van der Waals surface area (Å²) in [4.78, 5) is 23.8. The maximum absolute atomic E-state index is 13.4. The number of aliphatic imine (C=N–C) groups is 1. The average Bonchev–Trinajstić information content (AvgIpc) is 2.98. The molecule has 0 bridgehead atoms. The molecule has 2 atom stereocenters. The van der Waals surface area contributed by atoms with Crippen molar-refractivity contribution in [2.75, 3.05) is 20.3 Å². The highest BCUT2D eigenvalue weighted by Gasteiger charge is 2.58. The van der Waals surface area contributed by atoms with Crippen LogP contribution >= 0.6 is 0 Å². The van der Waals surface area contributed by atoms with Gasteiger partial charge in [-0.25, -0.2) is 9.98 Å². The molecule has 30 heavy (non-hydrogen) atoms. The number of ether oxygens (including phenoxy) is 2. The molecule has 0 aliphatic carbocycles. The topological polar surface area (TPSA) is 114 Å². The summed E-state index contributed by atoms with van der Waals surface area (Å²) in [7, 11) is 1.64. The van der Waals surface area contributed by atoms with E-state index in [4.69, 9.17) is 15.2 Å². The van der Waals surface area contributed by atoms with Crippen molar-refractivity contribution < 1.29 is 14.3 Å². The number of amides is 1. The first-order valence-corrected chi connectivity index (χ1v) is 9.89. The Bertz CT molecular complexity index is 1120. The minimum absolute atomic E-state index is 0.176. The molecule has 1 aromatic heterocycles. The number of nitrogens with zero attached hydrogens (tertiary/aromatic N) is 4. The first-order valence-electron chi connectivity index (χ1n) is 9.89. The fraction of sp³-hybridized carbons (Fsp3) is 0.364. The van der Waals surface area contributed by atoms with Crippen LogP contribution in [0, 0.1) is 11.3 Å². The fourth-order valence-electron chi connectivity index (χ4n) is 4.63. The zero-order valence-corrected chi connectivity index (χ0v) is 16.6. The molecule has 3 aliphatic heterocycles. The van der Waals surface area contributed by atoms with Crippen LogP contribution in [0.2, 0.25) is 0 Å². The van der Waals surface area contributed by atoms with Gasteiger partial charge >= 0.3 is 0 Å². The highest BCUT2D eigenvalue weighted by molar-refractivity contribution is 6.07. The normalized spacial score (nSPS) is 27.5. The molecule has 152 valence electrons. The van der Waals surface area contributed by atoms with Crippen molar-refractivity contribution in [2.24, 2.45) is 10.7 Å². The van der Waals surface area contributed by atoms with Crippen molar-refractivity contribution in [1.82, 2.24) is 9.88 Å². The van der Waals surface area contributed by atoms with Crippen LogP contribution in [0.25, 0.3) is 11.3 Å². The molecule has 3 aliphatic rings. The standard InChI is InChI=1S/C22H21N5O3/c1-27-19(28)22(26-20(27)24)12-21(8-3-9-29-13-21)30-18-7-6-14(10-16(18)22)17-5-2-4-15(11-23)25-17/h2,4-7,10H,3,8-9,12-13H2,1H3,(H2,24,26)/t21?,22-/m0/s1. The molecule has 5 rings (SSSR count). The number of aromatic nitrogens is 1. The van der Waals surface area contributed by atoms with E-state index < -0.39 is 11.1 Å². The van der Waals surface area contributed by atoms with Crippen LogP contribution in [0.5, 0.6) is 5.75 Å². The summed E-state index contributed by atoms with van der Waals surface area (Å²) in [5, 5.41) is 9.18. The number of carbonyl (C=O) groups is 1. The lowest BCUT2D eigenvalue weighted by atomic mass is 9.74. The number of rotatable bonds is 1. The maximum atomic E-state index is 13.4. The Morgan fingerprint density at radius 1 is 1.30 bits per heavy atom. The largest absolute Gasteiger partial charge is 0.484 e. The van der Waals surface area contributed by atoms with Crippen molar-refractivity contribution in [2.45, 2.75) is 30.4 Å². The smallest absolute Gasteiger partial charge is 0.261 e. The Morgan fingerprint density at radius 3 is 2.87 bits per heavy atom. The van der Waals surface area contributed by atoms with E-state index >= 15 is 0 Å². The van der Waals surface area contributed by atoms with E-state index in [-0.39, 0.29) is 11.9 Å². The Morgan fingerprint density at radius 2 is 2.17 bits per heavy atom. The van der Waals surface area contributed by atoms with Crippen LogP contribution in [0.4, 0.5) is 0 Å². The average molecular weight is 403 g/mol. The molecule has 8 heteroatoms. The van der Waals surface area contributed by atoms with Gasteiger partial charge in [0.2, 0.25) is 0 Å². The Kier molecular flexibility index (Phi) is 4.05. The van der Waals surface area contributed by atoms with Crippen LogP contribution in [0.15, 0.2) is 41.4 Å². The molecule has 8 nitrogen and oxygen atoms in total. The maximum Gasteiger partial charge on any atom is 0.261 e. The number of benzene rings is 1. The lowest BCUT2D eigenvalue weighted by Gasteiger charge is -2.46. The summed E-state index contributed by atoms with van der Waals surface area (Å²) in [6.07, 6.45) is 2.01. The summed E-state index contributed by atoms with van der Waals surface area (Å²) in [6, 6.07) is 12.9. The molecular weight excluding hydrogens is 382 g/mol. The van der Waals surface area contributed by atoms with Crippen LogP contribution in [0.1, 0.15) is 30.5 Å². The second kappa shape index (κ2) is 6.54. The second-order valence-corrected chi connectivity index (χ2v) is 8.04. The monoisotopic (exact) mass is 403 g/mol. The van der Waals surface area contributed by atoms with Gasteiger partial charge in [-0.1, -0.05) is 6.07 Å². The van der Waals surface area contributed by atoms with E-state index in [1.165, 1.54) is 4.90 Å². The first kappa shape index (κ1) is 18.6. The van der Waals surface area contributed by atoms with Gasteiger partial charge in [0.1, 0.15) is 23.1 Å². The SMILES string of the molecule is CN1C(=O)[C@@]2(CC3(CCCOC3)Oc3ccc(-c4cccc(C#N)n4)cc32)N=C1N. The number of guanidine groups is 1. The molecule has 1 aromatic carbocycles. The highest BCUT2D eigenvalue weighted by Crippen LogP contribution is 2.51. The Labute approximate surface area is 173 Å². The number of likely N-dealkylation sites (N-methyl/N-ethyl adjacent to an activating group) is 1. The number of nitriles is 1. The van der Waals surface area contributed by atoms with Gasteiger partial charge in [0.05, 0.1) is 12.3 Å². The minimum atomic E-state index is -1.16. The molecule has 4 heterocycles. The van der Waals surface area contributed by atoms with Gasteiger partial charge < -0.3 is 15.2 Å². The van der Waals surface area contributed by atoms with E-state index in [2.05, 4.69) is 16.0 Å². The number of hydrogen-bond acceptors (Lipinski definition) is 7. The Balaban J connectivity index is 1.68. The Hall–Kier alpha value is -3.44. The van der Waals surface area contributed by atoms with E-state index in [0.717, 1.165) is 18.4 Å². The van der Waals surface area contributed by atoms with E-state index in [0.29, 0.717) is 42.3 Å².